The molecule has 1 aromatic rings. The van der Waals surface area contributed by atoms with Crippen LogP contribution in [0.5, 0.6) is 0 Å². The second-order valence-corrected chi connectivity index (χ2v) is 12.2. The van der Waals surface area contributed by atoms with Gasteiger partial charge in [-0.3, -0.25) is 0 Å². The molecule has 0 heterocycles. The highest BCUT2D eigenvalue weighted by molar-refractivity contribution is 6.77. The first-order valence-corrected chi connectivity index (χ1v) is 11.0. The zero-order chi connectivity index (χ0) is 13.9. The van der Waals surface area contributed by atoms with Crippen molar-refractivity contribution in [1.82, 2.24) is 0 Å². The quantitative estimate of drug-likeness (QED) is 0.774. The molecule has 0 unspecified atom stereocenters. The van der Waals surface area contributed by atoms with Crippen LogP contribution in [-0.4, -0.2) is 19.3 Å². The molecule has 0 saturated carbocycles. The summed E-state index contributed by atoms with van der Waals surface area (Å²) in [5.74, 6) is 0. The molecule has 2 heteroatoms. The Labute approximate surface area is 118 Å². The Hall–Kier alpha value is -0.863. The van der Waals surface area contributed by atoms with Gasteiger partial charge in [0.2, 0.25) is 0 Å². The fraction of sp³-hybridized carbons (Fsp3) is 0.529. The summed E-state index contributed by atoms with van der Waals surface area (Å²) < 4.78 is 0. The van der Waals surface area contributed by atoms with Crippen molar-refractivity contribution in [3.8, 4) is 0 Å². The lowest BCUT2D eigenvalue weighted by molar-refractivity contribution is 0.212. The minimum Gasteiger partial charge on any atom is -0.388 e. The van der Waals surface area contributed by atoms with Crippen molar-refractivity contribution in [1.29, 1.82) is 0 Å². The molecular weight excluding hydrogens is 248 g/mol. The average Bonchev–Trinajstić information content (AvgIpc) is 2.34. The normalized spacial score (nSPS) is 25.4. The highest BCUT2D eigenvalue weighted by atomic mass is 28.3. The topological polar surface area (TPSA) is 20.2 Å². The van der Waals surface area contributed by atoms with Crippen LogP contribution in [0.3, 0.4) is 0 Å². The first kappa shape index (κ1) is 14.5. The first-order chi connectivity index (χ1) is 9.00. The third-order valence-electron chi connectivity index (χ3n) is 4.25. The van der Waals surface area contributed by atoms with Gasteiger partial charge in [0.1, 0.15) is 0 Å². The minimum atomic E-state index is -1.34. The van der Waals surface area contributed by atoms with Gasteiger partial charge in [0.25, 0.3) is 0 Å². The molecule has 1 aromatic carbocycles. The number of rotatable bonds is 2. The zero-order valence-electron chi connectivity index (χ0n) is 12.4. The van der Waals surface area contributed by atoms with Crippen LogP contribution in [0.4, 0.5) is 0 Å². The summed E-state index contributed by atoms with van der Waals surface area (Å²) >= 11 is 0. The molecule has 0 fully saturated rings. The van der Waals surface area contributed by atoms with E-state index in [0.29, 0.717) is 5.54 Å². The second-order valence-electron chi connectivity index (χ2n) is 6.73. The first-order valence-electron chi connectivity index (χ1n) is 7.43. The molecule has 0 saturated heterocycles. The van der Waals surface area contributed by atoms with Gasteiger partial charge in [0.05, 0.1) is 14.2 Å². The molecule has 104 valence electrons. The standard InChI is InChI=1S/C17H26OSi/c1-19(2,3)16-13-9-5-8-12-15(17(16)18)14-10-6-4-7-11-14/h4,6-7,10-12,16-18H,5,8-9,13H2,1-3H3/t16-,17+/m0/s1. The molecule has 0 spiro atoms. The summed E-state index contributed by atoms with van der Waals surface area (Å²) in [6.07, 6.45) is 6.77. The van der Waals surface area contributed by atoms with E-state index in [4.69, 9.17) is 0 Å². The minimum absolute atomic E-state index is 0.283. The number of allylic oxidation sites excluding steroid dienone is 1. The van der Waals surface area contributed by atoms with Crippen LogP contribution in [0.1, 0.15) is 31.2 Å². The van der Waals surface area contributed by atoms with Gasteiger partial charge in [-0.1, -0.05) is 68.9 Å². The van der Waals surface area contributed by atoms with Crippen LogP contribution in [-0.2, 0) is 0 Å². The second kappa shape index (κ2) is 6.06. The lowest BCUT2D eigenvalue weighted by Gasteiger charge is -2.35. The highest BCUT2D eigenvalue weighted by Gasteiger charge is 2.34. The molecular formula is C17H26OSi. The van der Waals surface area contributed by atoms with E-state index >= 15 is 0 Å². The average molecular weight is 274 g/mol. The van der Waals surface area contributed by atoms with Crippen LogP contribution in [0.15, 0.2) is 36.4 Å². The highest BCUT2D eigenvalue weighted by Crippen LogP contribution is 2.39. The Kier molecular flexibility index (Phi) is 4.64. The summed E-state index contributed by atoms with van der Waals surface area (Å²) in [6.45, 7) is 7.14. The number of aliphatic hydroxyl groups is 1. The Morgan fingerprint density at radius 3 is 2.37 bits per heavy atom. The van der Waals surface area contributed by atoms with Crippen LogP contribution in [0.25, 0.3) is 5.57 Å². The van der Waals surface area contributed by atoms with E-state index in [2.05, 4.69) is 50.0 Å². The summed E-state index contributed by atoms with van der Waals surface area (Å²) in [7, 11) is -1.34. The molecule has 2 atom stereocenters. The van der Waals surface area contributed by atoms with Crippen molar-refractivity contribution in [3.63, 3.8) is 0 Å². The molecule has 2 rings (SSSR count). The number of hydrogen-bond acceptors (Lipinski definition) is 1. The predicted molar refractivity (Wildman–Crippen MR) is 86.0 cm³/mol. The van der Waals surface area contributed by atoms with Gasteiger partial charge in [-0.05, 0) is 29.5 Å². The van der Waals surface area contributed by atoms with Gasteiger partial charge in [0.15, 0.2) is 0 Å². The van der Waals surface area contributed by atoms with Crippen molar-refractivity contribution >= 4 is 13.6 Å². The smallest absolute Gasteiger partial charge is 0.0797 e. The van der Waals surface area contributed by atoms with Crippen LogP contribution >= 0.6 is 0 Å². The van der Waals surface area contributed by atoms with Gasteiger partial charge >= 0.3 is 0 Å². The molecule has 0 radical (unpaired) electrons. The lowest BCUT2D eigenvalue weighted by atomic mass is 9.92. The van der Waals surface area contributed by atoms with Crippen molar-refractivity contribution < 1.29 is 5.11 Å². The van der Waals surface area contributed by atoms with E-state index in [-0.39, 0.29) is 6.10 Å². The molecule has 1 aliphatic carbocycles. The van der Waals surface area contributed by atoms with Crippen molar-refractivity contribution in [2.45, 2.75) is 57.0 Å². The Morgan fingerprint density at radius 2 is 1.74 bits per heavy atom. The Morgan fingerprint density at radius 1 is 1.05 bits per heavy atom. The summed E-state index contributed by atoms with van der Waals surface area (Å²) in [5.41, 5.74) is 2.83. The van der Waals surface area contributed by atoms with Gasteiger partial charge in [-0.25, -0.2) is 0 Å². The molecule has 0 amide bonds. The molecule has 19 heavy (non-hydrogen) atoms. The fourth-order valence-electron chi connectivity index (χ4n) is 3.09. The third kappa shape index (κ3) is 3.58. The fourth-order valence-corrected chi connectivity index (χ4v) is 5.28. The van der Waals surface area contributed by atoms with E-state index in [1.165, 1.54) is 24.8 Å². The maximum atomic E-state index is 10.9. The maximum absolute atomic E-state index is 10.9. The monoisotopic (exact) mass is 274 g/mol. The largest absolute Gasteiger partial charge is 0.388 e. The third-order valence-corrected chi connectivity index (χ3v) is 7.08. The van der Waals surface area contributed by atoms with Gasteiger partial charge in [-0.2, -0.15) is 0 Å². The SMILES string of the molecule is C[Si](C)(C)[C@H]1CCCCC=C(c2ccccc2)[C@H]1O. The molecule has 0 aliphatic heterocycles. The van der Waals surface area contributed by atoms with E-state index in [1.807, 2.05) is 6.07 Å². The van der Waals surface area contributed by atoms with Gasteiger partial charge < -0.3 is 5.11 Å². The summed E-state index contributed by atoms with van der Waals surface area (Å²) in [6, 6.07) is 10.4. The lowest BCUT2D eigenvalue weighted by Crippen LogP contribution is -2.37. The molecule has 0 bridgehead atoms. The van der Waals surface area contributed by atoms with Gasteiger partial charge in [-0.15, -0.1) is 0 Å². The summed E-state index contributed by atoms with van der Waals surface area (Å²) in [5, 5.41) is 10.9. The van der Waals surface area contributed by atoms with Gasteiger partial charge in [0, 0.05) is 0 Å². The number of aliphatic hydroxyl groups excluding tert-OH is 1. The van der Waals surface area contributed by atoms with Crippen LogP contribution < -0.4 is 0 Å². The van der Waals surface area contributed by atoms with E-state index in [0.717, 1.165) is 12.0 Å². The van der Waals surface area contributed by atoms with Crippen molar-refractivity contribution in [2.24, 2.45) is 0 Å². The molecule has 1 nitrogen and oxygen atoms in total. The molecule has 1 aliphatic rings. The van der Waals surface area contributed by atoms with Crippen molar-refractivity contribution in [3.05, 3.63) is 42.0 Å². The number of benzene rings is 1. The molecule has 1 N–H and O–H groups in total. The van der Waals surface area contributed by atoms with E-state index < -0.39 is 8.07 Å². The van der Waals surface area contributed by atoms with Crippen molar-refractivity contribution in [2.75, 3.05) is 0 Å². The zero-order valence-corrected chi connectivity index (χ0v) is 13.4. The Bertz CT molecular complexity index is 430. The Balaban J connectivity index is 2.34. The predicted octanol–water partition coefficient (Wildman–Crippen LogP) is 4.71. The summed E-state index contributed by atoms with van der Waals surface area (Å²) in [4.78, 5) is 0. The number of hydrogen-bond donors (Lipinski definition) is 1. The molecule has 0 aromatic heterocycles. The van der Waals surface area contributed by atoms with E-state index in [9.17, 15) is 5.11 Å². The van der Waals surface area contributed by atoms with Crippen LogP contribution in [0.2, 0.25) is 25.2 Å². The van der Waals surface area contributed by atoms with Crippen LogP contribution in [0, 0.1) is 0 Å². The maximum Gasteiger partial charge on any atom is 0.0797 e. The van der Waals surface area contributed by atoms with E-state index in [1.54, 1.807) is 0 Å².